The maximum atomic E-state index is 13.1. The zero-order valence-electron chi connectivity index (χ0n) is 15.7. The van der Waals surface area contributed by atoms with Crippen molar-refractivity contribution >= 4 is 27.5 Å². The van der Waals surface area contributed by atoms with Gasteiger partial charge in [0.1, 0.15) is 11.7 Å². The molecule has 0 radical (unpaired) electrons. The van der Waals surface area contributed by atoms with Crippen LogP contribution in [0.3, 0.4) is 0 Å². The molecule has 1 aromatic heterocycles. The van der Waals surface area contributed by atoms with E-state index >= 15 is 0 Å². The number of amides is 1. The molecule has 0 aliphatic carbocycles. The van der Waals surface area contributed by atoms with Crippen molar-refractivity contribution in [3.63, 3.8) is 0 Å². The molecule has 162 valence electrons. The van der Waals surface area contributed by atoms with Gasteiger partial charge in [-0.05, 0) is 18.1 Å². The van der Waals surface area contributed by atoms with Gasteiger partial charge >= 0.3 is 6.18 Å². The number of halogens is 3. The summed E-state index contributed by atoms with van der Waals surface area (Å²) in [6, 6.07) is 4.53. The van der Waals surface area contributed by atoms with E-state index in [4.69, 9.17) is 0 Å². The van der Waals surface area contributed by atoms with Crippen LogP contribution in [0.5, 0.6) is 0 Å². The van der Waals surface area contributed by atoms with E-state index in [2.05, 4.69) is 30.8 Å². The quantitative estimate of drug-likeness (QED) is 0.458. The summed E-state index contributed by atoms with van der Waals surface area (Å²) >= 11 is 0. The second-order valence-corrected chi connectivity index (χ2v) is 8.47. The maximum Gasteiger partial charge on any atom is 0.416 e. The topological polar surface area (TPSA) is 128 Å². The minimum absolute atomic E-state index is 0.156. The van der Waals surface area contributed by atoms with E-state index in [9.17, 15) is 26.4 Å². The molecule has 1 atom stereocenters. The van der Waals surface area contributed by atoms with Gasteiger partial charge in [0.15, 0.2) is 0 Å². The number of nitrogens with one attached hydrogen (secondary N) is 4. The van der Waals surface area contributed by atoms with Gasteiger partial charge in [0.2, 0.25) is 10.0 Å². The van der Waals surface area contributed by atoms with E-state index in [0.29, 0.717) is 24.3 Å². The molecule has 1 aromatic carbocycles. The molecule has 4 N–H and O–H groups in total. The van der Waals surface area contributed by atoms with Gasteiger partial charge in [-0.2, -0.15) is 23.4 Å². The maximum absolute atomic E-state index is 13.1. The number of anilines is 1. The average Bonchev–Trinajstić information content (AvgIpc) is 3.26. The third-order valence-corrected chi connectivity index (χ3v) is 5.03. The first kappa shape index (κ1) is 21.8. The number of sulfonamides is 1. The number of rotatable bonds is 8. The molecule has 30 heavy (non-hydrogen) atoms. The van der Waals surface area contributed by atoms with Crippen molar-refractivity contribution in [1.29, 1.82) is 0 Å². The lowest BCUT2D eigenvalue weighted by atomic mass is 9.90. The highest BCUT2D eigenvalue weighted by Gasteiger charge is 2.37. The van der Waals surface area contributed by atoms with Crippen LogP contribution >= 0.6 is 0 Å². The molecule has 0 fully saturated rings. The molecule has 0 bridgehead atoms. The number of benzene rings is 1. The standard InChI is InChI=1S/C17H19F3N6O3S/c1-30(28,29)23-7-3-6-21-15-12(9-22-25-15)14-13(16(27)26-24-14)10-4-2-5-11(8-10)17(18,19)20/h2,4-5,8-9,13,23H,3,6-7H2,1H3,(H,26,27)(H2,21,22,25). The van der Waals surface area contributed by atoms with E-state index in [1.165, 1.54) is 18.3 Å². The minimum atomic E-state index is -4.54. The van der Waals surface area contributed by atoms with E-state index in [1.807, 2.05) is 0 Å². The Morgan fingerprint density at radius 1 is 1.23 bits per heavy atom. The number of H-pyrrole nitrogens is 1. The van der Waals surface area contributed by atoms with Crippen LogP contribution in [-0.4, -0.2) is 49.6 Å². The van der Waals surface area contributed by atoms with Crippen LogP contribution < -0.4 is 15.5 Å². The third-order valence-electron chi connectivity index (χ3n) is 4.30. The monoisotopic (exact) mass is 444 g/mol. The number of carbonyl (C=O) groups is 1. The molecule has 1 aliphatic heterocycles. The molecule has 1 amide bonds. The Labute approximate surface area is 170 Å². The number of alkyl halides is 3. The Morgan fingerprint density at radius 2 is 2.00 bits per heavy atom. The Kier molecular flexibility index (Phi) is 6.12. The number of carbonyl (C=O) groups excluding carboxylic acids is 1. The number of aromatic nitrogens is 2. The molecular formula is C17H19F3N6O3S. The second-order valence-electron chi connectivity index (χ2n) is 6.63. The molecule has 0 spiro atoms. The molecule has 3 rings (SSSR count). The van der Waals surface area contributed by atoms with Gasteiger partial charge in [0, 0.05) is 13.1 Å². The van der Waals surface area contributed by atoms with Crippen LogP contribution in [0.15, 0.2) is 35.6 Å². The van der Waals surface area contributed by atoms with Crippen LogP contribution in [-0.2, 0) is 21.0 Å². The van der Waals surface area contributed by atoms with Crippen LogP contribution in [0.1, 0.15) is 29.0 Å². The third kappa shape index (κ3) is 5.16. The minimum Gasteiger partial charge on any atom is -0.370 e. The summed E-state index contributed by atoms with van der Waals surface area (Å²) < 4.78 is 63.7. The average molecular weight is 444 g/mol. The number of nitrogens with zero attached hydrogens (tertiary/aromatic N) is 2. The Hall–Kier alpha value is -2.93. The van der Waals surface area contributed by atoms with Gasteiger partial charge in [-0.3, -0.25) is 9.89 Å². The van der Waals surface area contributed by atoms with Gasteiger partial charge in [0.25, 0.3) is 5.91 Å². The highest BCUT2D eigenvalue weighted by atomic mass is 32.2. The van der Waals surface area contributed by atoms with Crippen LogP contribution in [0.4, 0.5) is 19.0 Å². The predicted molar refractivity (Wildman–Crippen MR) is 103 cm³/mol. The fourth-order valence-corrected chi connectivity index (χ4v) is 3.48. The SMILES string of the molecule is CS(=O)(=O)NCCCNc1[nH]ncc1C1=NNC(=O)C1c1cccc(C(F)(F)F)c1. The molecule has 0 saturated heterocycles. The summed E-state index contributed by atoms with van der Waals surface area (Å²) in [6.45, 7) is 0.601. The largest absolute Gasteiger partial charge is 0.416 e. The first-order valence-electron chi connectivity index (χ1n) is 8.83. The van der Waals surface area contributed by atoms with E-state index < -0.39 is 33.6 Å². The zero-order chi connectivity index (χ0) is 21.9. The van der Waals surface area contributed by atoms with Gasteiger partial charge in [0.05, 0.1) is 29.3 Å². The van der Waals surface area contributed by atoms with Gasteiger partial charge in [-0.25, -0.2) is 18.6 Å². The molecule has 9 nitrogen and oxygen atoms in total. The summed E-state index contributed by atoms with van der Waals surface area (Å²) in [4.78, 5) is 12.3. The van der Waals surface area contributed by atoms with Crippen molar-refractivity contribution in [3.8, 4) is 0 Å². The number of hydrogen-bond donors (Lipinski definition) is 4. The summed E-state index contributed by atoms with van der Waals surface area (Å²) in [5.74, 6) is -1.16. The van der Waals surface area contributed by atoms with E-state index in [-0.39, 0.29) is 17.8 Å². The Balaban J connectivity index is 1.76. The van der Waals surface area contributed by atoms with Crippen molar-refractivity contribution in [1.82, 2.24) is 20.3 Å². The number of hydrogen-bond acceptors (Lipinski definition) is 6. The molecule has 13 heteroatoms. The lowest BCUT2D eigenvalue weighted by Gasteiger charge is -2.14. The van der Waals surface area contributed by atoms with Gasteiger partial charge < -0.3 is 5.32 Å². The van der Waals surface area contributed by atoms with Gasteiger partial charge in [-0.1, -0.05) is 18.2 Å². The molecule has 0 saturated carbocycles. The molecule has 1 aliphatic rings. The highest BCUT2D eigenvalue weighted by molar-refractivity contribution is 7.88. The summed E-state index contributed by atoms with van der Waals surface area (Å²) in [7, 11) is -3.28. The molecule has 2 heterocycles. The number of aromatic amines is 1. The second kappa shape index (κ2) is 8.44. The summed E-state index contributed by atoms with van der Waals surface area (Å²) in [5, 5.41) is 13.6. The normalized spacial score (nSPS) is 17.0. The van der Waals surface area contributed by atoms with E-state index in [1.54, 1.807) is 0 Å². The lowest BCUT2D eigenvalue weighted by Crippen LogP contribution is -2.25. The molecule has 2 aromatic rings. The van der Waals surface area contributed by atoms with Crippen molar-refractivity contribution < 1.29 is 26.4 Å². The molecular weight excluding hydrogens is 425 g/mol. The summed E-state index contributed by atoms with van der Waals surface area (Å²) in [5.41, 5.74) is 2.25. The van der Waals surface area contributed by atoms with Gasteiger partial charge in [-0.15, -0.1) is 0 Å². The van der Waals surface area contributed by atoms with Crippen molar-refractivity contribution in [2.45, 2.75) is 18.5 Å². The van der Waals surface area contributed by atoms with E-state index in [0.717, 1.165) is 18.4 Å². The number of hydrazone groups is 1. The van der Waals surface area contributed by atoms with Crippen LogP contribution in [0, 0.1) is 0 Å². The Morgan fingerprint density at radius 3 is 2.70 bits per heavy atom. The van der Waals surface area contributed by atoms with Crippen LogP contribution in [0.2, 0.25) is 0 Å². The zero-order valence-corrected chi connectivity index (χ0v) is 16.6. The Bertz CT molecular complexity index is 1060. The fraction of sp³-hybridized carbons (Fsp3) is 0.353. The van der Waals surface area contributed by atoms with Crippen molar-refractivity contribution in [3.05, 3.63) is 47.2 Å². The summed E-state index contributed by atoms with van der Waals surface area (Å²) in [6.07, 6.45) is -1.60. The smallest absolute Gasteiger partial charge is 0.370 e. The van der Waals surface area contributed by atoms with Crippen molar-refractivity contribution in [2.75, 3.05) is 24.7 Å². The fourth-order valence-electron chi connectivity index (χ4n) is 2.96. The molecule has 1 unspecified atom stereocenters. The highest BCUT2D eigenvalue weighted by Crippen LogP contribution is 2.33. The lowest BCUT2D eigenvalue weighted by molar-refractivity contribution is -0.137. The predicted octanol–water partition coefficient (Wildman–Crippen LogP) is 1.40. The van der Waals surface area contributed by atoms with Crippen LogP contribution in [0.25, 0.3) is 0 Å². The first-order chi connectivity index (χ1) is 14.1. The van der Waals surface area contributed by atoms with Crippen molar-refractivity contribution in [2.24, 2.45) is 5.10 Å². The first-order valence-corrected chi connectivity index (χ1v) is 10.7.